The van der Waals surface area contributed by atoms with Gasteiger partial charge in [-0.05, 0) is 24.1 Å². The SMILES string of the molecule is COc1cc(CN2CCC3OCc4cnnn4C3C2)ccc1OCC(N)=O. The lowest BCUT2D eigenvalue weighted by Gasteiger charge is -2.41. The summed E-state index contributed by atoms with van der Waals surface area (Å²) >= 11 is 0. The van der Waals surface area contributed by atoms with Crippen molar-refractivity contribution in [3.63, 3.8) is 0 Å². The van der Waals surface area contributed by atoms with Crippen LogP contribution in [-0.4, -0.2) is 58.7 Å². The molecule has 1 fully saturated rings. The molecule has 1 aromatic heterocycles. The molecule has 0 bridgehead atoms. The highest BCUT2D eigenvalue weighted by molar-refractivity contribution is 5.75. The second kappa shape index (κ2) is 7.53. The molecule has 9 nitrogen and oxygen atoms in total. The fraction of sp³-hybridized carbons (Fsp3) is 0.500. The number of ether oxygens (including phenoxy) is 3. The third kappa shape index (κ3) is 3.74. The van der Waals surface area contributed by atoms with E-state index in [1.54, 1.807) is 13.3 Å². The molecule has 2 aromatic rings. The van der Waals surface area contributed by atoms with Gasteiger partial charge in [-0.3, -0.25) is 9.69 Å². The van der Waals surface area contributed by atoms with E-state index in [1.807, 2.05) is 22.9 Å². The predicted octanol–water partition coefficient (Wildman–Crippen LogP) is 0.497. The first-order chi connectivity index (χ1) is 13.1. The molecule has 2 N–H and O–H groups in total. The third-order valence-electron chi connectivity index (χ3n) is 5.02. The molecule has 1 saturated heterocycles. The van der Waals surface area contributed by atoms with Crippen LogP contribution in [0.3, 0.4) is 0 Å². The predicted molar refractivity (Wildman–Crippen MR) is 95.2 cm³/mol. The number of nitrogens with two attached hydrogens (primary N) is 1. The highest BCUT2D eigenvalue weighted by Crippen LogP contribution is 2.32. The Morgan fingerprint density at radius 3 is 3.11 bits per heavy atom. The van der Waals surface area contributed by atoms with Gasteiger partial charge in [-0.2, -0.15) is 0 Å². The average Bonchev–Trinajstić information content (AvgIpc) is 3.16. The number of aromatic nitrogens is 3. The number of hydrogen-bond donors (Lipinski definition) is 1. The number of benzene rings is 1. The van der Waals surface area contributed by atoms with Gasteiger partial charge in [0.2, 0.25) is 0 Å². The van der Waals surface area contributed by atoms with Crippen LogP contribution in [0.25, 0.3) is 0 Å². The van der Waals surface area contributed by atoms with Crippen LogP contribution >= 0.6 is 0 Å². The maximum atomic E-state index is 10.9. The molecule has 0 saturated carbocycles. The average molecular weight is 373 g/mol. The van der Waals surface area contributed by atoms with Gasteiger partial charge in [-0.25, -0.2) is 4.68 Å². The summed E-state index contributed by atoms with van der Waals surface area (Å²) in [6, 6.07) is 5.90. The van der Waals surface area contributed by atoms with Crippen molar-refractivity contribution >= 4 is 5.91 Å². The standard InChI is InChI=1S/C18H23N5O4/c1-25-17-6-12(2-3-16(17)27-11-18(19)24)8-22-5-4-15-14(9-22)23-13(10-26-15)7-20-21-23/h2-3,6-7,14-15H,4-5,8-11H2,1H3,(H2,19,24). The fourth-order valence-electron chi connectivity index (χ4n) is 3.72. The smallest absolute Gasteiger partial charge is 0.255 e. The summed E-state index contributed by atoms with van der Waals surface area (Å²) in [5.74, 6) is 0.570. The minimum Gasteiger partial charge on any atom is -0.493 e. The molecule has 2 aliphatic rings. The molecule has 2 aliphatic heterocycles. The molecule has 4 rings (SSSR count). The van der Waals surface area contributed by atoms with E-state index in [4.69, 9.17) is 19.9 Å². The summed E-state index contributed by atoms with van der Waals surface area (Å²) in [5.41, 5.74) is 7.26. The largest absolute Gasteiger partial charge is 0.493 e. The molecule has 0 spiro atoms. The zero-order valence-electron chi connectivity index (χ0n) is 15.2. The number of carbonyl (C=O) groups excluding carboxylic acids is 1. The number of methoxy groups -OCH3 is 1. The van der Waals surface area contributed by atoms with Gasteiger partial charge in [-0.15, -0.1) is 5.10 Å². The van der Waals surface area contributed by atoms with Crippen LogP contribution in [-0.2, 0) is 22.7 Å². The van der Waals surface area contributed by atoms with Gasteiger partial charge in [0, 0.05) is 19.6 Å². The maximum absolute atomic E-state index is 10.9. The van der Waals surface area contributed by atoms with Crippen LogP contribution in [0.4, 0.5) is 0 Å². The Morgan fingerprint density at radius 2 is 2.30 bits per heavy atom. The molecule has 27 heavy (non-hydrogen) atoms. The number of primary amides is 1. The number of fused-ring (bicyclic) bond motifs is 3. The van der Waals surface area contributed by atoms with Crippen molar-refractivity contribution in [2.45, 2.75) is 31.7 Å². The zero-order valence-corrected chi connectivity index (χ0v) is 15.2. The number of likely N-dealkylation sites (tertiary alicyclic amines) is 1. The molecule has 1 aromatic carbocycles. The van der Waals surface area contributed by atoms with E-state index in [2.05, 4.69) is 15.2 Å². The molecule has 1 amide bonds. The quantitative estimate of drug-likeness (QED) is 0.786. The summed E-state index contributed by atoms with van der Waals surface area (Å²) < 4.78 is 18.7. The molecule has 9 heteroatoms. The summed E-state index contributed by atoms with van der Waals surface area (Å²) in [4.78, 5) is 13.3. The van der Waals surface area contributed by atoms with Gasteiger partial charge in [-0.1, -0.05) is 11.3 Å². The number of hydrogen-bond acceptors (Lipinski definition) is 7. The Morgan fingerprint density at radius 1 is 1.41 bits per heavy atom. The fourth-order valence-corrected chi connectivity index (χ4v) is 3.72. The topological polar surface area (TPSA) is 105 Å². The Bertz CT molecular complexity index is 824. The lowest BCUT2D eigenvalue weighted by atomic mass is 10.00. The first kappa shape index (κ1) is 17.7. The van der Waals surface area contributed by atoms with Gasteiger partial charge in [0.25, 0.3) is 5.91 Å². The Hall–Kier alpha value is -2.65. The molecule has 2 atom stereocenters. The molecule has 0 radical (unpaired) electrons. The first-order valence-corrected chi connectivity index (χ1v) is 8.95. The van der Waals surface area contributed by atoms with Crippen molar-refractivity contribution in [1.29, 1.82) is 0 Å². The number of rotatable bonds is 6. The van der Waals surface area contributed by atoms with Crippen LogP contribution in [0.15, 0.2) is 24.4 Å². The van der Waals surface area contributed by atoms with Gasteiger partial charge in [0.05, 0.1) is 37.8 Å². The summed E-state index contributed by atoms with van der Waals surface area (Å²) in [7, 11) is 1.58. The minimum absolute atomic E-state index is 0.175. The number of carbonyl (C=O) groups is 1. The van der Waals surface area contributed by atoms with Crippen molar-refractivity contribution < 1.29 is 19.0 Å². The molecule has 3 heterocycles. The Labute approximate surface area is 157 Å². The Balaban J connectivity index is 1.44. The van der Waals surface area contributed by atoms with Gasteiger partial charge < -0.3 is 19.9 Å². The van der Waals surface area contributed by atoms with Crippen LogP contribution in [0, 0.1) is 0 Å². The lowest BCUT2D eigenvalue weighted by Crippen LogP contribution is -2.47. The Kier molecular flexibility index (Phi) is 4.95. The summed E-state index contributed by atoms with van der Waals surface area (Å²) in [5, 5.41) is 8.26. The van der Waals surface area contributed by atoms with E-state index < -0.39 is 5.91 Å². The second-order valence-electron chi connectivity index (χ2n) is 6.85. The van der Waals surface area contributed by atoms with Crippen molar-refractivity contribution in [2.75, 3.05) is 26.8 Å². The van der Waals surface area contributed by atoms with Crippen molar-refractivity contribution in [3.05, 3.63) is 35.7 Å². The second-order valence-corrected chi connectivity index (χ2v) is 6.85. The number of nitrogens with zero attached hydrogens (tertiary/aromatic N) is 4. The normalized spacial score (nSPS) is 22.0. The number of amides is 1. The van der Waals surface area contributed by atoms with Crippen LogP contribution in [0.1, 0.15) is 23.7 Å². The zero-order chi connectivity index (χ0) is 18.8. The van der Waals surface area contributed by atoms with Crippen LogP contribution < -0.4 is 15.2 Å². The third-order valence-corrected chi connectivity index (χ3v) is 5.02. The molecular weight excluding hydrogens is 350 g/mol. The molecule has 0 aliphatic carbocycles. The van der Waals surface area contributed by atoms with Gasteiger partial charge >= 0.3 is 0 Å². The van der Waals surface area contributed by atoms with Crippen molar-refractivity contribution in [2.24, 2.45) is 5.73 Å². The molecular formula is C18H23N5O4. The number of piperidine rings is 1. The molecule has 2 unspecified atom stereocenters. The van der Waals surface area contributed by atoms with E-state index >= 15 is 0 Å². The van der Waals surface area contributed by atoms with Crippen LogP contribution in [0.2, 0.25) is 0 Å². The highest BCUT2D eigenvalue weighted by Gasteiger charge is 2.36. The van der Waals surface area contributed by atoms with Crippen molar-refractivity contribution in [1.82, 2.24) is 19.9 Å². The summed E-state index contributed by atoms with van der Waals surface area (Å²) in [6.45, 7) is 2.99. The van der Waals surface area contributed by atoms with E-state index in [1.165, 1.54) is 0 Å². The van der Waals surface area contributed by atoms with E-state index in [9.17, 15) is 4.79 Å². The minimum atomic E-state index is -0.522. The monoisotopic (exact) mass is 373 g/mol. The van der Waals surface area contributed by atoms with E-state index in [-0.39, 0.29) is 18.8 Å². The molecule has 144 valence electrons. The highest BCUT2D eigenvalue weighted by atomic mass is 16.5. The van der Waals surface area contributed by atoms with Gasteiger partial charge in [0.15, 0.2) is 18.1 Å². The van der Waals surface area contributed by atoms with Gasteiger partial charge in [0.1, 0.15) is 0 Å². The lowest BCUT2D eigenvalue weighted by molar-refractivity contribution is -0.119. The maximum Gasteiger partial charge on any atom is 0.255 e. The first-order valence-electron chi connectivity index (χ1n) is 8.95. The summed E-state index contributed by atoms with van der Waals surface area (Å²) in [6.07, 6.45) is 2.92. The van der Waals surface area contributed by atoms with Crippen LogP contribution in [0.5, 0.6) is 11.5 Å². The van der Waals surface area contributed by atoms with E-state index in [0.717, 1.165) is 37.3 Å². The van der Waals surface area contributed by atoms with E-state index in [0.29, 0.717) is 18.1 Å². The van der Waals surface area contributed by atoms with Crippen molar-refractivity contribution in [3.8, 4) is 11.5 Å².